The lowest BCUT2D eigenvalue weighted by Crippen LogP contribution is -2.00. The van der Waals surface area contributed by atoms with Crippen LogP contribution in [0.4, 0.5) is 4.39 Å². The van der Waals surface area contributed by atoms with E-state index in [-0.39, 0.29) is 11.6 Å². The zero-order chi connectivity index (χ0) is 13.8. The largest absolute Gasteiger partial charge is 0.494 e. The molecule has 0 bridgehead atoms. The first-order valence-corrected chi connectivity index (χ1v) is 6.33. The van der Waals surface area contributed by atoms with Crippen LogP contribution < -0.4 is 4.74 Å². The average molecular weight is 260 g/mol. The molecule has 0 aliphatic carbocycles. The lowest BCUT2D eigenvalue weighted by molar-refractivity contribution is 0.387. The Kier molecular flexibility index (Phi) is 4.10. The Hall–Kier alpha value is -1.97. The van der Waals surface area contributed by atoms with Gasteiger partial charge in [-0.3, -0.25) is 0 Å². The van der Waals surface area contributed by atoms with Gasteiger partial charge in [0.2, 0.25) is 0 Å². The molecule has 1 aromatic heterocycles. The van der Waals surface area contributed by atoms with Crippen LogP contribution in [0.25, 0.3) is 11.3 Å². The molecule has 0 unspecified atom stereocenters. The summed E-state index contributed by atoms with van der Waals surface area (Å²) in [6, 6.07) is 6.85. The van der Waals surface area contributed by atoms with Crippen LogP contribution in [0.1, 0.15) is 24.9 Å². The van der Waals surface area contributed by atoms with E-state index in [1.165, 1.54) is 7.11 Å². The van der Waals surface area contributed by atoms with Crippen LogP contribution >= 0.6 is 0 Å². The van der Waals surface area contributed by atoms with Gasteiger partial charge in [-0.2, -0.15) is 0 Å². The van der Waals surface area contributed by atoms with E-state index in [1.54, 1.807) is 24.3 Å². The van der Waals surface area contributed by atoms with Crippen molar-refractivity contribution in [3.63, 3.8) is 0 Å². The first-order chi connectivity index (χ1) is 9.15. The molecule has 0 radical (unpaired) electrons. The fourth-order valence-electron chi connectivity index (χ4n) is 1.97. The van der Waals surface area contributed by atoms with Gasteiger partial charge in [0.1, 0.15) is 5.82 Å². The van der Waals surface area contributed by atoms with Crippen LogP contribution in [-0.2, 0) is 6.42 Å². The SMILES string of the molecule is CCCc1nc(C)cc(-c2cccc(OC)c2F)n1. The average Bonchev–Trinajstić information content (AvgIpc) is 2.38. The number of methoxy groups -OCH3 is 1. The number of aromatic nitrogens is 2. The summed E-state index contributed by atoms with van der Waals surface area (Å²) in [6.07, 6.45) is 1.75. The number of rotatable bonds is 4. The molecule has 0 saturated carbocycles. The molecule has 19 heavy (non-hydrogen) atoms. The Labute approximate surface area is 112 Å². The summed E-state index contributed by atoms with van der Waals surface area (Å²) >= 11 is 0. The summed E-state index contributed by atoms with van der Waals surface area (Å²) in [5.41, 5.74) is 1.89. The zero-order valence-electron chi connectivity index (χ0n) is 11.4. The van der Waals surface area contributed by atoms with Gasteiger partial charge in [0.15, 0.2) is 11.6 Å². The van der Waals surface area contributed by atoms with Crippen molar-refractivity contribution in [2.45, 2.75) is 26.7 Å². The van der Waals surface area contributed by atoms with Crippen molar-refractivity contribution in [2.75, 3.05) is 7.11 Å². The highest BCUT2D eigenvalue weighted by Gasteiger charge is 2.12. The normalized spacial score (nSPS) is 10.5. The Morgan fingerprint density at radius 3 is 2.74 bits per heavy atom. The van der Waals surface area contributed by atoms with Crippen molar-refractivity contribution < 1.29 is 9.13 Å². The molecule has 2 rings (SSSR count). The quantitative estimate of drug-likeness (QED) is 0.843. The van der Waals surface area contributed by atoms with Crippen LogP contribution in [0.5, 0.6) is 5.75 Å². The van der Waals surface area contributed by atoms with E-state index < -0.39 is 0 Å². The highest BCUT2D eigenvalue weighted by Crippen LogP contribution is 2.28. The third kappa shape index (κ3) is 2.89. The first kappa shape index (κ1) is 13.5. The molecule has 0 fully saturated rings. The zero-order valence-corrected chi connectivity index (χ0v) is 11.4. The highest BCUT2D eigenvalue weighted by atomic mass is 19.1. The molecular weight excluding hydrogens is 243 g/mol. The van der Waals surface area contributed by atoms with Gasteiger partial charge in [0, 0.05) is 17.7 Å². The second kappa shape index (κ2) is 5.78. The van der Waals surface area contributed by atoms with Gasteiger partial charge >= 0.3 is 0 Å². The molecule has 100 valence electrons. The second-order valence-corrected chi connectivity index (χ2v) is 4.38. The van der Waals surface area contributed by atoms with Crippen molar-refractivity contribution in [3.05, 3.63) is 41.6 Å². The standard InChI is InChI=1S/C15H17FN2O/c1-4-6-14-17-10(2)9-12(18-14)11-7-5-8-13(19-3)15(11)16/h5,7-9H,4,6H2,1-3H3. The summed E-state index contributed by atoms with van der Waals surface area (Å²) < 4.78 is 19.2. The van der Waals surface area contributed by atoms with E-state index in [9.17, 15) is 4.39 Å². The molecular formula is C15H17FN2O. The number of benzene rings is 1. The lowest BCUT2D eigenvalue weighted by Gasteiger charge is -2.09. The smallest absolute Gasteiger partial charge is 0.174 e. The second-order valence-electron chi connectivity index (χ2n) is 4.38. The molecule has 1 aromatic carbocycles. The Morgan fingerprint density at radius 2 is 2.05 bits per heavy atom. The minimum absolute atomic E-state index is 0.228. The fourth-order valence-corrected chi connectivity index (χ4v) is 1.97. The van der Waals surface area contributed by atoms with E-state index in [2.05, 4.69) is 16.9 Å². The molecule has 1 heterocycles. The summed E-state index contributed by atoms with van der Waals surface area (Å²) in [5, 5.41) is 0. The van der Waals surface area contributed by atoms with Crippen molar-refractivity contribution in [2.24, 2.45) is 0 Å². The summed E-state index contributed by atoms with van der Waals surface area (Å²) in [4.78, 5) is 8.78. The van der Waals surface area contributed by atoms with E-state index in [0.717, 1.165) is 24.4 Å². The monoisotopic (exact) mass is 260 g/mol. The van der Waals surface area contributed by atoms with E-state index in [4.69, 9.17) is 4.74 Å². The molecule has 0 spiro atoms. The van der Waals surface area contributed by atoms with Crippen molar-refractivity contribution in [3.8, 4) is 17.0 Å². The molecule has 0 aliphatic heterocycles. The third-order valence-corrected chi connectivity index (χ3v) is 2.83. The minimum atomic E-state index is -0.384. The summed E-state index contributed by atoms with van der Waals surface area (Å²) in [5.74, 6) is 0.594. The molecule has 0 aliphatic rings. The van der Waals surface area contributed by atoms with E-state index in [1.807, 2.05) is 6.92 Å². The summed E-state index contributed by atoms with van der Waals surface area (Å²) in [6.45, 7) is 3.96. The minimum Gasteiger partial charge on any atom is -0.494 e. The van der Waals surface area contributed by atoms with Crippen molar-refractivity contribution in [1.82, 2.24) is 9.97 Å². The number of nitrogens with zero attached hydrogens (tertiary/aromatic N) is 2. The molecule has 0 atom stereocenters. The number of hydrogen-bond acceptors (Lipinski definition) is 3. The van der Waals surface area contributed by atoms with Gasteiger partial charge in [-0.15, -0.1) is 0 Å². The topological polar surface area (TPSA) is 35.0 Å². The molecule has 4 heteroatoms. The van der Waals surface area contributed by atoms with Gasteiger partial charge in [0.05, 0.1) is 12.8 Å². The van der Waals surface area contributed by atoms with Crippen LogP contribution in [0, 0.1) is 12.7 Å². The highest BCUT2D eigenvalue weighted by molar-refractivity contribution is 5.62. The number of aryl methyl sites for hydroxylation is 2. The maximum Gasteiger partial charge on any atom is 0.174 e. The van der Waals surface area contributed by atoms with Crippen molar-refractivity contribution >= 4 is 0 Å². The number of hydrogen-bond donors (Lipinski definition) is 0. The fraction of sp³-hybridized carbons (Fsp3) is 0.333. The first-order valence-electron chi connectivity index (χ1n) is 6.33. The van der Waals surface area contributed by atoms with E-state index >= 15 is 0 Å². The van der Waals surface area contributed by atoms with Crippen LogP contribution in [0.3, 0.4) is 0 Å². The van der Waals surface area contributed by atoms with Gasteiger partial charge in [-0.05, 0) is 31.5 Å². The van der Waals surface area contributed by atoms with Gasteiger partial charge in [0.25, 0.3) is 0 Å². The Balaban J connectivity index is 2.52. The maximum atomic E-state index is 14.2. The van der Waals surface area contributed by atoms with Gasteiger partial charge < -0.3 is 4.74 Å². The van der Waals surface area contributed by atoms with Gasteiger partial charge in [-0.25, -0.2) is 14.4 Å². The molecule has 3 nitrogen and oxygen atoms in total. The van der Waals surface area contributed by atoms with E-state index in [0.29, 0.717) is 11.3 Å². The molecule has 0 N–H and O–H groups in total. The van der Waals surface area contributed by atoms with Crippen LogP contribution in [-0.4, -0.2) is 17.1 Å². The Morgan fingerprint density at radius 1 is 1.26 bits per heavy atom. The number of ether oxygens (including phenoxy) is 1. The maximum absolute atomic E-state index is 14.2. The van der Waals surface area contributed by atoms with Gasteiger partial charge in [-0.1, -0.05) is 13.0 Å². The summed E-state index contributed by atoms with van der Waals surface area (Å²) in [7, 11) is 1.45. The molecule has 0 saturated heterocycles. The van der Waals surface area contributed by atoms with Crippen LogP contribution in [0.15, 0.2) is 24.3 Å². The predicted octanol–water partition coefficient (Wildman–Crippen LogP) is 3.55. The number of halogens is 1. The lowest BCUT2D eigenvalue weighted by atomic mass is 10.1. The molecule has 2 aromatic rings. The molecule has 0 amide bonds. The van der Waals surface area contributed by atoms with Crippen LogP contribution in [0.2, 0.25) is 0 Å². The third-order valence-electron chi connectivity index (χ3n) is 2.83. The predicted molar refractivity (Wildman–Crippen MR) is 72.7 cm³/mol. The van der Waals surface area contributed by atoms with Crippen molar-refractivity contribution in [1.29, 1.82) is 0 Å². The Bertz CT molecular complexity index is 584.